The van der Waals surface area contributed by atoms with Gasteiger partial charge in [0.05, 0.1) is 6.07 Å². The van der Waals surface area contributed by atoms with E-state index in [1.165, 1.54) is 6.07 Å². The highest BCUT2D eigenvalue weighted by Crippen LogP contribution is 2.27. The Hall–Kier alpha value is -2.13. The summed E-state index contributed by atoms with van der Waals surface area (Å²) in [5, 5.41) is 9.13. The van der Waals surface area contributed by atoms with E-state index in [1.54, 1.807) is 6.07 Å². The van der Waals surface area contributed by atoms with Crippen LogP contribution in [0.15, 0.2) is 40.9 Å². The Labute approximate surface area is 127 Å². The number of nitriles is 1. The van der Waals surface area contributed by atoms with Crippen LogP contribution < -0.4 is 0 Å². The molecule has 0 saturated heterocycles. The van der Waals surface area contributed by atoms with Crippen LogP contribution >= 0.6 is 15.9 Å². The minimum atomic E-state index is -1.44. The topological polar surface area (TPSA) is 40.9 Å². The zero-order valence-corrected chi connectivity index (χ0v) is 12.0. The van der Waals surface area contributed by atoms with Crippen LogP contribution in [-0.2, 0) is 0 Å². The first kappa shape index (κ1) is 15.3. The second kappa shape index (κ2) is 6.10. The van der Waals surface area contributed by atoms with Crippen molar-refractivity contribution in [1.29, 1.82) is 5.26 Å². The fourth-order valence-corrected chi connectivity index (χ4v) is 2.40. The van der Waals surface area contributed by atoms with Crippen molar-refractivity contribution in [3.05, 3.63) is 69.4 Å². The summed E-state index contributed by atoms with van der Waals surface area (Å²) in [6.07, 6.45) is 0. The highest BCUT2D eigenvalue weighted by molar-refractivity contribution is 9.10. The molecule has 2 aromatic rings. The number of nitrogens with zero attached hydrogens (tertiary/aromatic N) is 1. The van der Waals surface area contributed by atoms with Gasteiger partial charge in [-0.05, 0) is 40.2 Å². The third kappa shape index (κ3) is 3.14. The molecule has 0 N–H and O–H groups in total. The van der Waals surface area contributed by atoms with Crippen LogP contribution in [0.4, 0.5) is 13.2 Å². The summed E-state index contributed by atoms with van der Waals surface area (Å²) < 4.78 is 39.8. The standard InChI is InChI=1S/C15H7BrF3NO/c16-13-5-8(17)2-4-11(13)15(21)12(7-20)10-3-1-9(18)6-14(10)19/h1-6,12H. The summed E-state index contributed by atoms with van der Waals surface area (Å²) in [6, 6.07) is 7.65. The van der Waals surface area contributed by atoms with E-state index in [2.05, 4.69) is 15.9 Å². The highest BCUT2D eigenvalue weighted by atomic mass is 79.9. The Morgan fingerprint density at radius 1 is 1.10 bits per heavy atom. The molecule has 1 unspecified atom stereocenters. The maximum Gasteiger partial charge on any atom is 0.185 e. The van der Waals surface area contributed by atoms with Crippen molar-refractivity contribution < 1.29 is 18.0 Å². The molecular weight excluding hydrogens is 347 g/mol. The molecule has 0 radical (unpaired) electrons. The van der Waals surface area contributed by atoms with Gasteiger partial charge in [0.15, 0.2) is 5.78 Å². The van der Waals surface area contributed by atoms with Crippen LogP contribution in [0.5, 0.6) is 0 Å². The lowest BCUT2D eigenvalue weighted by Crippen LogP contribution is -2.13. The normalized spacial score (nSPS) is 11.8. The molecule has 0 fully saturated rings. The number of hydrogen-bond acceptors (Lipinski definition) is 2. The SMILES string of the molecule is N#CC(C(=O)c1ccc(F)cc1Br)c1ccc(F)cc1F. The molecule has 0 spiro atoms. The summed E-state index contributed by atoms with van der Waals surface area (Å²) >= 11 is 3.02. The van der Waals surface area contributed by atoms with Crippen LogP contribution in [-0.4, -0.2) is 5.78 Å². The Kier molecular flexibility index (Phi) is 4.43. The van der Waals surface area contributed by atoms with E-state index in [0.29, 0.717) is 6.07 Å². The van der Waals surface area contributed by atoms with E-state index in [9.17, 15) is 18.0 Å². The number of ketones is 1. The van der Waals surface area contributed by atoms with Gasteiger partial charge in [0.25, 0.3) is 0 Å². The second-order valence-electron chi connectivity index (χ2n) is 4.22. The molecule has 0 bridgehead atoms. The van der Waals surface area contributed by atoms with Crippen molar-refractivity contribution in [3.63, 3.8) is 0 Å². The zero-order valence-electron chi connectivity index (χ0n) is 10.4. The first-order chi connectivity index (χ1) is 9.93. The molecule has 0 aliphatic rings. The number of hydrogen-bond donors (Lipinski definition) is 0. The van der Waals surface area contributed by atoms with Crippen molar-refractivity contribution >= 4 is 21.7 Å². The van der Waals surface area contributed by atoms with Gasteiger partial charge in [-0.15, -0.1) is 0 Å². The number of carbonyl (C=O) groups excluding carboxylic acids is 1. The third-order valence-electron chi connectivity index (χ3n) is 2.86. The van der Waals surface area contributed by atoms with E-state index in [4.69, 9.17) is 5.26 Å². The molecule has 1 atom stereocenters. The monoisotopic (exact) mass is 353 g/mol. The minimum Gasteiger partial charge on any atom is -0.292 e. The third-order valence-corrected chi connectivity index (χ3v) is 3.52. The lowest BCUT2D eigenvalue weighted by molar-refractivity contribution is 0.0976. The molecule has 21 heavy (non-hydrogen) atoms. The van der Waals surface area contributed by atoms with E-state index in [0.717, 1.165) is 24.3 Å². The van der Waals surface area contributed by atoms with Gasteiger partial charge in [-0.1, -0.05) is 6.07 Å². The first-order valence-electron chi connectivity index (χ1n) is 5.78. The van der Waals surface area contributed by atoms with Crippen molar-refractivity contribution in [2.24, 2.45) is 0 Å². The van der Waals surface area contributed by atoms with Gasteiger partial charge in [-0.2, -0.15) is 5.26 Å². The van der Waals surface area contributed by atoms with Crippen molar-refractivity contribution in [3.8, 4) is 6.07 Å². The molecule has 0 saturated carbocycles. The summed E-state index contributed by atoms with van der Waals surface area (Å²) in [6.45, 7) is 0. The largest absolute Gasteiger partial charge is 0.292 e. The average molecular weight is 354 g/mol. The van der Waals surface area contributed by atoms with E-state index in [1.807, 2.05) is 0 Å². The number of halogens is 4. The number of Topliss-reactive ketones (excluding diaryl/α,β-unsaturated/α-hetero) is 1. The molecule has 0 aliphatic heterocycles. The van der Waals surface area contributed by atoms with Gasteiger partial charge in [0.2, 0.25) is 0 Å². The molecule has 0 heterocycles. The molecule has 2 rings (SSSR count). The Morgan fingerprint density at radius 3 is 2.29 bits per heavy atom. The first-order valence-corrected chi connectivity index (χ1v) is 6.57. The number of rotatable bonds is 3. The fraction of sp³-hybridized carbons (Fsp3) is 0.0667. The number of carbonyl (C=O) groups is 1. The Bertz CT molecular complexity index is 755. The van der Waals surface area contributed by atoms with Gasteiger partial charge >= 0.3 is 0 Å². The van der Waals surface area contributed by atoms with Gasteiger partial charge in [-0.25, -0.2) is 13.2 Å². The van der Waals surface area contributed by atoms with Crippen LogP contribution in [0.1, 0.15) is 21.8 Å². The smallest absolute Gasteiger partial charge is 0.185 e. The Morgan fingerprint density at radius 2 is 1.71 bits per heavy atom. The van der Waals surface area contributed by atoms with Gasteiger partial charge in [-0.3, -0.25) is 4.79 Å². The predicted molar refractivity (Wildman–Crippen MR) is 73.1 cm³/mol. The zero-order chi connectivity index (χ0) is 15.6. The second-order valence-corrected chi connectivity index (χ2v) is 5.07. The summed E-state index contributed by atoms with van der Waals surface area (Å²) in [4.78, 5) is 12.3. The van der Waals surface area contributed by atoms with Crippen molar-refractivity contribution in [2.45, 2.75) is 5.92 Å². The summed E-state index contributed by atoms with van der Waals surface area (Å²) in [5.41, 5.74) is -0.174. The summed E-state index contributed by atoms with van der Waals surface area (Å²) in [7, 11) is 0. The molecule has 106 valence electrons. The van der Waals surface area contributed by atoms with Gasteiger partial charge < -0.3 is 0 Å². The van der Waals surface area contributed by atoms with Crippen LogP contribution in [0.2, 0.25) is 0 Å². The molecule has 2 nitrogen and oxygen atoms in total. The van der Waals surface area contributed by atoms with Crippen LogP contribution in [0.25, 0.3) is 0 Å². The Balaban J connectivity index is 2.46. The van der Waals surface area contributed by atoms with Crippen LogP contribution in [0.3, 0.4) is 0 Å². The predicted octanol–water partition coefficient (Wildman–Crippen LogP) is 4.36. The van der Waals surface area contributed by atoms with E-state index >= 15 is 0 Å². The molecule has 0 amide bonds. The summed E-state index contributed by atoms with van der Waals surface area (Å²) in [5.74, 6) is -4.47. The van der Waals surface area contributed by atoms with Gasteiger partial charge in [0, 0.05) is 21.7 Å². The maximum absolute atomic E-state index is 13.7. The molecular formula is C15H7BrF3NO. The quantitative estimate of drug-likeness (QED) is 0.769. The lowest BCUT2D eigenvalue weighted by atomic mass is 9.91. The average Bonchev–Trinajstić information content (AvgIpc) is 2.41. The molecule has 2 aromatic carbocycles. The molecule has 6 heteroatoms. The van der Waals surface area contributed by atoms with Crippen LogP contribution in [0, 0.1) is 28.8 Å². The highest BCUT2D eigenvalue weighted by Gasteiger charge is 2.26. The van der Waals surface area contributed by atoms with E-state index in [-0.39, 0.29) is 15.6 Å². The minimum absolute atomic E-state index is 0.0478. The molecule has 0 aromatic heterocycles. The van der Waals surface area contributed by atoms with E-state index < -0.39 is 29.2 Å². The fourth-order valence-electron chi connectivity index (χ4n) is 1.85. The number of benzene rings is 2. The lowest BCUT2D eigenvalue weighted by Gasteiger charge is -2.11. The maximum atomic E-state index is 13.7. The molecule has 0 aliphatic carbocycles. The van der Waals surface area contributed by atoms with Crippen molar-refractivity contribution in [2.75, 3.05) is 0 Å². The van der Waals surface area contributed by atoms with Gasteiger partial charge in [0.1, 0.15) is 23.4 Å². The van der Waals surface area contributed by atoms with Crippen molar-refractivity contribution in [1.82, 2.24) is 0 Å².